The first-order valence-corrected chi connectivity index (χ1v) is 10.1. The fourth-order valence-corrected chi connectivity index (χ4v) is 2.60. The number of benzene rings is 2. The highest BCUT2D eigenvalue weighted by Gasteiger charge is 2.28. The number of carbonyl (C=O) groups is 3. The highest BCUT2D eigenvalue weighted by molar-refractivity contribution is 5.82. The van der Waals surface area contributed by atoms with Crippen molar-refractivity contribution in [3.05, 3.63) is 71.8 Å². The van der Waals surface area contributed by atoms with E-state index in [1.807, 2.05) is 60.7 Å². The Morgan fingerprint density at radius 2 is 1.35 bits per heavy atom. The van der Waals surface area contributed by atoms with Crippen LogP contribution in [0, 0.1) is 0 Å². The fourth-order valence-electron chi connectivity index (χ4n) is 2.60. The Labute approximate surface area is 182 Å². The summed E-state index contributed by atoms with van der Waals surface area (Å²) in [6, 6.07) is 17.4. The van der Waals surface area contributed by atoms with Crippen molar-refractivity contribution < 1.29 is 28.6 Å². The number of rotatable bonds is 9. The van der Waals surface area contributed by atoms with Crippen LogP contribution in [0.15, 0.2) is 60.7 Å². The van der Waals surface area contributed by atoms with Crippen molar-refractivity contribution in [1.29, 1.82) is 0 Å². The molecule has 0 heterocycles. The average molecular weight is 427 g/mol. The summed E-state index contributed by atoms with van der Waals surface area (Å²) in [7, 11) is 0. The van der Waals surface area contributed by atoms with Crippen LogP contribution in [0.1, 0.15) is 44.7 Å². The summed E-state index contributed by atoms with van der Waals surface area (Å²) in [4.78, 5) is 36.8. The summed E-state index contributed by atoms with van der Waals surface area (Å²) >= 11 is 0. The molecule has 0 saturated heterocycles. The summed E-state index contributed by atoms with van der Waals surface area (Å²) in [5.74, 6) is -1.11. The van der Waals surface area contributed by atoms with E-state index >= 15 is 0 Å². The van der Waals surface area contributed by atoms with Crippen molar-refractivity contribution in [3.63, 3.8) is 0 Å². The molecule has 1 atom stereocenters. The normalized spacial score (nSPS) is 11.8. The van der Waals surface area contributed by atoms with Crippen LogP contribution in [-0.2, 0) is 37.0 Å². The van der Waals surface area contributed by atoms with Gasteiger partial charge in [0.05, 0.1) is 0 Å². The van der Waals surface area contributed by atoms with Crippen molar-refractivity contribution in [2.75, 3.05) is 0 Å². The van der Waals surface area contributed by atoms with E-state index in [1.54, 1.807) is 20.8 Å². The summed E-state index contributed by atoms with van der Waals surface area (Å²) in [5, 5.41) is 2.50. The summed E-state index contributed by atoms with van der Waals surface area (Å²) in [5.41, 5.74) is 0.941. The molecule has 2 rings (SSSR count). The van der Waals surface area contributed by atoms with E-state index in [1.165, 1.54) is 0 Å². The molecule has 0 aliphatic heterocycles. The maximum atomic E-state index is 12.5. The van der Waals surface area contributed by atoms with Crippen LogP contribution in [0.4, 0.5) is 4.79 Å². The number of alkyl carbamates (subject to hydrolysis) is 1. The molecule has 0 aliphatic carbocycles. The zero-order valence-electron chi connectivity index (χ0n) is 18.1. The third-order valence-corrected chi connectivity index (χ3v) is 4.08. The second-order valence-electron chi connectivity index (χ2n) is 7.98. The molecule has 31 heavy (non-hydrogen) atoms. The molecule has 0 bridgehead atoms. The second-order valence-corrected chi connectivity index (χ2v) is 7.98. The lowest BCUT2D eigenvalue weighted by atomic mass is 10.1. The molecule has 0 aliphatic rings. The number of esters is 2. The van der Waals surface area contributed by atoms with E-state index in [0.717, 1.165) is 11.1 Å². The van der Waals surface area contributed by atoms with E-state index in [4.69, 9.17) is 14.2 Å². The van der Waals surface area contributed by atoms with Gasteiger partial charge in [-0.1, -0.05) is 60.7 Å². The topological polar surface area (TPSA) is 90.9 Å². The lowest BCUT2D eigenvalue weighted by Crippen LogP contribution is -2.44. The Morgan fingerprint density at radius 3 is 1.87 bits per heavy atom. The van der Waals surface area contributed by atoms with Gasteiger partial charge in [-0.3, -0.25) is 4.79 Å². The predicted molar refractivity (Wildman–Crippen MR) is 115 cm³/mol. The third kappa shape index (κ3) is 9.80. The van der Waals surface area contributed by atoms with Gasteiger partial charge in [-0.05, 0) is 38.3 Å². The van der Waals surface area contributed by atoms with Crippen molar-refractivity contribution in [2.45, 2.75) is 58.5 Å². The van der Waals surface area contributed by atoms with Crippen molar-refractivity contribution in [1.82, 2.24) is 5.32 Å². The van der Waals surface area contributed by atoms with Gasteiger partial charge in [-0.15, -0.1) is 0 Å². The Balaban J connectivity index is 1.88. The van der Waals surface area contributed by atoms with Gasteiger partial charge >= 0.3 is 18.0 Å². The van der Waals surface area contributed by atoms with E-state index in [-0.39, 0.29) is 26.1 Å². The van der Waals surface area contributed by atoms with Gasteiger partial charge in [-0.2, -0.15) is 0 Å². The summed E-state index contributed by atoms with van der Waals surface area (Å²) in [6.07, 6.45) is -0.795. The molecule has 1 amide bonds. The third-order valence-electron chi connectivity index (χ3n) is 4.08. The smallest absolute Gasteiger partial charge is 0.408 e. The van der Waals surface area contributed by atoms with Gasteiger partial charge in [0.25, 0.3) is 0 Å². The standard InChI is InChI=1S/C24H29NO6/c1-24(2,3)31-22(27)20(25-23(28)30-17-19-12-8-5-9-13-19)14-15-21(26)29-16-18-10-6-4-7-11-18/h4-13,20H,14-17H2,1-3H3,(H,25,28)/t20-/m0/s1. The summed E-state index contributed by atoms with van der Waals surface area (Å²) in [6.45, 7) is 5.38. The van der Waals surface area contributed by atoms with Gasteiger partial charge in [0.2, 0.25) is 0 Å². The van der Waals surface area contributed by atoms with Crippen LogP contribution < -0.4 is 5.32 Å². The Bertz CT molecular complexity index is 845. The van der Waals surface area contributed by atoms with Crippen LogP contribution in [0.25, 0.3) is 0 Å². The lowest BCUT2D eigenvalue weighted by Gasteiger charge is -2.24. The van der Waals surface area contributed by atoms with E-state index in [9.17, 15) is 14.4 Å². The molecule has 0 unspecified atom stereocenters. The molecule has 1 N–H and O–H groups in total. The van der Waals surface area contributed by atoms with Crippen molar-refractivity contribution in [3.8, 4) is 0 Å². The molecule has 0 spiro atoms. The minimum Gasteiger partial charge on any atom is -0.461 e. The number of ether oxygens (including phenoxy) is 3. The number of hydrogen-bond acceptors (Lipinski definition) is 6. The van der Waals surface area contributed by atoms with Gasteiger partial charge in [0, 0.05) is 6.42 Å². The van der Waals surface area contributed by atoms with Crippen LogP contribution in [-0.4, -0.2) is 29.7 Å². The molecule has 7 heteroatoms. The molecule has 0 saturated carbocycles. The quantitative estimate of drug-likeness (QED) is 0.478. The number of carbonyl (C=O) groups excluding carboxylic acids is 3. The highest BCUT2D eigenvalue weighted by Crippen LogP contribution is 2.12. The van der Waals surface area contributed by atoms with Crippen LogP contribution in [0.2, 0.25) is 0 Å². The zero-order valence-corrected chi connectivity index (χ0v) is 18.1. The lowest BCUT2D eigenvalue weighted by molar-refractivity contribution is -0.157. The number of amides is 1. The first-order valence-electron chi connectivity index (χ1n) is 10.1. The predicted octanol–water partition coefficient (Wildman–Crippen LogP) is 4.15. The van der Waals surface area contributed by atoms with E-state index in [2.05, 4.69) is 5.32 Å². The summed E-state index contributed by atoms with van der Waals surface area (Å²) < 4.78 is 15.8. The Hall–Kier alpha value is -3.35. The minimum atomic E-state index is -1.04. The first-order chi connectivity index (χ1) is 14.7. The monoisotopic (exact) mass is 427 g/mol. The average Bonchev–Trinajstić information content (AvgIpc) is 2.74. The molecular formula is C24H29NO6. The van der Waals surface area contributed by atoms with Crippen LogP contribution in [0.3, 0.4) is 0 Å². The van der Waals surface area contributed by atoms with Gasteiger partial charge in [0.1, 0.15) is 24.9 Å². The van der Waals surface area contributed by atoms with Gasteiger partial charge < -0.3 is 19.5 Å². The van der Waals surface area contributed by atoms with E-state index < -0.39 is 29.7 Å². The van der Waals surface area contributed by atoms with Crippen molar-refractivity contribution >= 4 is 18.0 Å². The first kappa shape index (κ1) is 23.9. The maximum Gasteiger partial charge on any atom is 0.408 e. The molecule has 166 valence electrons. The number of hydrogen-bond donors (Lipinski definition) is 1. The van der Waals surface area contributed by atoms with Crippen molar-refractivity contribution in [2.24, 2.45) is 0 Å². The largest absolute Gasteiger partial charge is 0.461 e. The molecular weight excluding hydrogens is 398 g/mol. The maximum absolute atomic E-state index is 12.5. The molecule has 2 aromatic rings. The molecule has 7 nitrogen and oxygen atoms in total. The zero-order chi connectivity index (χ0) is 22.7. The molecule has 0 radical (unpaired) electrons. The van der Waals surface area contributed by atoms with Crippen LogP contribution >= 0.6 is 0 Å². The molecule has 2 aromatic carbocycles. The fraction of sp³-hybridized carbons (Fsp3) is 0.375. The van der Waals surface area contributed by atoms with Crippen LogP contribution in [0.5, 0.6) is 0 Å². The van der Waals surface area contributed by atoms with Gasteiger partial charge in [0.15, 0.2) is 0 Å². The minimum absolute atomic E-state index is 0.0307. The Kier molecular flexibility index (Phi) is 9.06. The van der Waals surface area contributed by atoms with E-state index in [0.29, 0.717) is 0 Å². The second kappa shape index (κ2) is 11.7. The SMILES string of the molecule is CC(C)(C)OC(=O)[C@H](CCC(=O)OCc1ccccc1)NC(=O)OCc1ccccc1. The molecule has 0 aromatic heterocycles. The molecule has 0 fully saturated rings. The Morgan fingerprint density at radius 1 is 0.839 bits per heavy atom. The number of nitrogens with one attached hydrogen (secondary N) is 1. The van der Waals surface area contributed by atoms with Gasteiger partial charge in [-0.25, -0.2) is 9.59 Å². The highest BCUT2D eigenvalue weighted by atomic mass is 16.6.